The molecular formula is C16H19N5O2. The number of imidazole rings is 1. The van der Waals surface area contributed by atoms with Crippen molar-refractivity contribution < 1.29 is 9.53 Å². The van der Waals surface area contributed by atoms with E-state index in [1.807, 2.05) is 31.2 Å². The summed E-state index contributed by atoms with van der Waals surface area (Å²) in [5.41, 5.74) is 2.51. The van der Waals surface area contributed by atoms with Crippen molar-refractivity contribution in [2.75, 3.05) is 25.1 Å². The fourth-order valence-electron chi connectivity index (χ4n) is 1.95. The molecule has 2 rings (SSSR count). The Hall–Kier alpha value is -2.85. The molecule has 7 heteroatoms. The summed E-state index contributed by atoms with van der Waals surface area (Å²) < 4.78 is 5.18. The van der Waals surface area contributed by atoms with Gasteiger partial charge in [-0.25, -0.2) is 4.98 Å². The van der Waals surface area contributed by atoms with Crippen LogP contribution < -0.4 is 10.6 Å². The van der Waals surface area contributed by atoms with Gasteiger partial charge < -0.3 is 20.4 Å². The Morgan fingerprint density at radius 2 is 2.39 bits per heavy atom. The lowest BCUT2D eigenvalue weighted by Crippen LogP contribution is -2.26. The van der Waals surface area contributed by atoms with E-state index in [0.29, 0.717) is 26.2 Å². The Balaban J connectivity index is 1.90. The highest BCUT2D eigenvalue weighted by Gasteiger charge is 2.08. The molecule has 120 valence electrons. The number of carbonyl (C=O) groups is 1. The molecule has 0 atom stereocenters. The molecule has 1 aromatic carbocycles. The molecule has 3 N–H and O–H groups in total. The van der Waals surface area contributed by atoms with Crippen LogP contribution in [0.2, 0.25) is 0 Å². The highest BCUT2D eigenvalue weighted by molar-refractivity contribution is 5.97. The number of rotatable bonds is 8. The van der Waals surface area contributed by atoms with Gasteiger partial charge in [0.1, 0.15) is 11.6 Å². The van der Waals surface area contributed by atoms with Crippen molar-refractivity contribution in [2.24, 2.45) is 0 Å². The molecule has 1 aromatic heterocycles. The number of anilines is 1. The molecule has 0 unspecified atom stereocenters. The third-order valence-electron chi connectivity index (χ3n) is 3.12. The van der Waals surface area contributed by atoms with Gasteiger partial charge in [-0.2, -0.15) is 5.26 Å². The molecule has 0 spiro atoms. The van der Waals surface area contributed by atoms with Crippen LogP contribution in [0.15, 0.2) is 36.3 Å². The lowest BCUT2D eigenvalue weighted by molar-refractivity contribution is -0.117. The minimum Gasteiger partial charge on any atom is -0.382 e. The highest BCUT2D eigenvalue weighted by atomic mass is 16.5. The predicted octanol–water partition coefficient (Wildman–Crippen LogP) is 1.93. The van der Waals surface area contributed by atoms with E-state index in [1.165, 1.54) is 6.20 Å². The summed E-state index contributed by atoms with van der Waals surface area (Å²) in [6, 6.07) is 7.42. The van der Waals surface area contributed by atoms with Crippen molar-refractivity contribution in [1.82, 2.24) is 15.3 Å². The quantitative estimate of drug-likeness (QED) is 0.392. The van der Waals surface area contributed by atoms with E-state index in [1.54, 1.807) is 6.33 Å². The number of hydrogen-bond donors (Lipinski definition) is 3. The van der Waals surface area contributed by atoms with Crippen LogP contribution in [0, 0.1) is 11.3 Å². The Morgan fingerprint density at radius 1 is 1.52 bits per heavy atom. The number of nitrogens with zero attached hydrogens (tertiary/aromatic N) is 2. The molecule has 0 aliphatic carbocycles. The number of amides is 1. The first-order valence-corrected chi connectivity index (χ1v) is 7.40. The molecule has 0 aliphatic heterocycles. The molecular weight excluding hydrogens is 294 g/mol. The van der Waals surface area contributed by atoms with E-state index in [9.17, 15) is 4.79 Å². The summed E-state index contributed by atoms with van der Waals surface area (Å²) in [6.07, 6.45) is 3.72. The number of benzene rings is 1. The number of fused-ring (bicyclic) bond motifs is 1. The van der Waals surface area contributed by atoms with Gasteiger partial charge in [0.15, 0.2) is 0 Å². The number of nitriles is 1. The number of nitrogens with one attached hydrogen (secondary N) is 3. The summed E-state index contributed by atoms with van der Waals surface area (Å²) in [5.74, 6) is -0.404. The highest BCUT2D eigenvalue weighted by Crippen LogP contribution is 2.15. The minimum absolute atomic E-state index is 0.0196. The minimum atomic E-state index is -0.404. The number of aromatic nitrogens is 2. The zero-order valence-corrected chi connectivity index (χ0v) is 12.9. The molecule has 0 fully saturated rings. The molecule has 1 heterocycles. The van der Waals surface area contributed by atoms with Gasteiger partial charge in [0.05, 0.1) is 17.4 Å². The number of ether oxygens (including phenoxy) is 1. The van der Waals surface area contributed by atoms with E-state index in [2.05, 4.69) is 20.6 Å². The van der Waals surface area contributed by atoms with Gasteiger partial charge in [0.2, 0.25) is 0 Å². The van der Waals surface area contributed by atoms with Crippen LogP contribution in [0.4, 0.5) is 5.69 Å². The number of H-pyrrole nitrogens is 1. The van der Waals surface area contributed by atoms with Crippen LogP contribution in [-0.2, 0) is 9.53 Å². The summed E-state index contributed by atoms with van der Waals surface area (Å²) in [4.78, 5) is 19.0. The van der Waals surface area contributed by atoms with E-state index < -0.39 is 5.91 Å². The Labute approximate surface area is 134 Å². The van der Waals surface area contributed by atoms with Crippen molar-refractivity contribution in [3.8, 4) is 6.07 Å². The molecule has 0 radical (unpaired) electrons. The maximum absolute atomic E-state index is 11.9. The third-order valence-corrected chi connectivity index (χ3v) is 3.12. The van der Waals surface area contributed by atoms with Crippen LogP contribution in [0.25, 0.3) is 11.0 Å². The maximum Gasteiger partial charge on any atom is 0.263 e. The molecule has 23 heavy (non-hydrogen) atoms. The van der Waals surface area contributed by atoms with Crippen molar-refractivity contribution in [3.63, 3.8) is 0 Å². The second-order valence-corrected chi connectivity index (χ2v) is 4.75. The lowest BCUT2D eigenvalue weighted by Gasteiger charge is -2.05. The standard InChI is InChI=1S/C16H19N5O2/c1-2-23-7-3-6-18-16(22)12(9-17)10-19-13-4-5-14-15(8-13)21-11-20-14/h4-5,8,10-11,19H,2-3,6-7H2,1H3,(H,18,22)(H,20,21)/b12-10-. The Bertz CT molecular complexity index is 729. The smallest absolute Gasteiger partial charge is 0.263 e. The normalized spacial score (nSPS) is 11.2. The first-order valence-electron chi connectivity index (χ1n) is 7.40. The van der Waals surface area contributed by atoms with Gasteiger partial charge in [-0.05, 0) is 31.5 Å². The largest absolute Gasteiger partial charge is 0.382 e. The van der Waals surface area contributed by atoms with Crippen molar-refractivity contribution in [3.05, 3.63) is 36.3 Å². The van der Waals surface area contributed by atoms with Crippen LogP contribution in [0.5, 0.6) is 0 Å². The molecule has 1 amide bonds. The molecule has 0 aliphatic rings. The molecule has 0 bridgehead atoms. The van der Waals surface area contributed by atoms with E-state index in [0.717, 1.165) is 16.7 Å². The molecule has 0 saturated heterocycles. The number of aromatic amines is 1. The number of hydrogen-bond acceptors (Lipinski definition) is 5. The van der Waals surface area contributed by atoms with Crippen LogP contribution in [0.1, 0.15) is 13.3 Å². The van der Waals surface area contributed by atoms with Crippen molar-refractivity contribution in [1.29, 1.82) is 5.26 Å². The summed E-state index contributed by atoms with van der Waals surface area (Å²) >= 11 is 0. The van der Waals surface area contributed by atoms with Crippen LogP contribution in [0.3, 0.4) is 0 Å². The topological polar surface area (TPSA) is 103 Å². The van der Waals surface area contributed by atoms with Crippen molar-refractivity contribution >= 4 is 22.6 Å². The van der Waals surface area contributed by atoms with E-state index in [-0.39, 0.29) is 5.57 Å². The maximum atomic E-state index is 11.9. The molecule has 2 aromatic rings. The van der Waals surface area contributed by atoms with Gasteiger partial charge in [-0.15, -0.1) is 0 Å². The van der Waals surface area contributed by atoms with Gasteiger partial charge in [-0.3, -0.25) is 4.79 Å². The van der Waals surface area contributed by atoms with Gasteiger partial charge >= 0.3 is 0 Å². The Morgan fingerprint density at radius 3 is 3.17 bits per heavy atom. The second-order valence-electron chi connectivity index (χ2n) is 4.75. The predicted molar refractivity (Wildman–Crippen MR) is 87.5 cm³/mol. The second kappa shape index (κ2) is 8.56. The lowest BCUT2D eigenvalue weighted by atomic mass is 10.2. The van der Waals surface area contributed by atoms with Gasteiger partial charge in [0.25, 0.3) is 5.91 Å². The molecule has 0 saturated carbocycles. The summed E-state index contributed by atoms with van der Waals surface area (Å²) in [6.45, 7) is 3.63. The fourth-order valence-corrected chi connectivity index (χ4v) is 1.95. The van der Waals surface area contributed by atoms with Crippen molar-refractivity contribution in [2.45, 2.75) is 13.3 Å². The third kappa shape index (κ3) is 4.83. The van der Waals surface area contributed by atoms with E-state index >= 15 is 0 Å². The SMILES string of the molecule is CCOCCCNC(=O)/C(C#N)=C\Nc1ccc2nc[nH]c2c1. The summed E-state index contributed by atoms with van der Waals surface area (Å²) in [5, 5.41) is 14.7. The average Bonchev–Trinajstić information content (AvgIpc) is 3.03. The first kappa shape index (κ1) is 16.5. The average molecular weight is 313 g/mol. The zero-order valence-electron chi connectivity index (χ0n) is 12.9. The monoisotopic (exact) mass is 313 g/mol. The Kier molecular flexibility index (Phi) is 6.15. The number of carbonyl (C=O) groups excluding carboxylic acids is 1. The molecule has 7 nitrogen and oxygen atoms in total. The van der Waals surface area contributed by atoms with Gasteiger partial charge in [0, 0.05) is 31.6 Å². The van der Waals surface area contributed by atoms with Crippen LogP contribution >= 0.6 is 0 Å². The van der Waals surface area contributed by atoms with Gasteiger partial charge in [-0.1, -0.05) is 0 Å². The fraction of sp³-hybridized carbons (Fsp3) is 0.312. The van der Waals surface area contributed by atoms with Crippen LogP contribution in [-0.4, -0.2) is 35.6 Å². The van der Waals surface area contributed by atoms with E-state index in [4.69, 9.17) is 10.00 Å². The first-order chi connectivity index (χ1) is 11.2. The summed E-state index contributed by atoms with van der Waals surface area (Å²) in [7, 11) is 0. The zero-order chi connectivity index (χ0) is 16.5.